The van der Waals surface area contributed by atoms with Crippen LogP contribution in [0.2, 0.25) is 0 Å². The van der Waals surface area contributed by atoms with E-state index in [-0.39, 0.29) is 0 Å². The number of nitrogens with zero attached hydrogens (tertiary/aromatic N) is 2. The van der Waals surface area contributed by atoms with Crippen molar-refractivity contribution in [1.82, 2.24) is 9.97 Å². The highest BCUT2D eigenvalue weighted by atomic mass is 16.3. The van der Waals surface area contributed by atoms with Gasteiger partial charge in [0.1, 0.15) is 5.75 Å². The van der Waals surface area contributed by atoms with Crippen LogP contribution in [0.4, 0.5) is 0 Å². The van der Waals surface area contributed by atoms with Crippen LogP contribution in [0.3, 0.4) is 0 Å². The number of unbranched alkanes of at least 4 members (excludes halogenated alkanes) is 9. The Morgan fingerprint density at radius 3 is 2.14 bits per heavy atom. The molecule has 1 aromatic heterocycles. The summed E-state index contributed by atoms with van der Waals surface area (Å²) < 4.78 is 0. The van der Waals surface area contributed by atoms with Gasteiger partial charge in [0.25, 0.3) is 0 Å². The third kappa shape index (κ3) is 6.85. The summed E-state index contributed by atoms with van der Waals surface area (Å²) in [7, 11) is 0. The van der Waals surface area contributed by atoms with Gasteiger partial charge in [-0.05, 0) is 47.9 Å². The van der Waals surface area contributed by atoms with Crippen LogP contribution in [-0.2, 0) is 6.42 Å². The zero-order chi connectivity index (χ0) is 20.3. The van der Waals surface area contributed by atoms with Crippen LogP contribution in [0.15, 0.2) is 48.7 Å². The van der Waals surface area contributed by atoms with Crippen LogP contribution >= 0.6 is 0 Å². The van der Waals surface area contributed by atoms with Gasteiger partial charge in [-0.1, -0.05) is 82.9 Å². The molecule has 1 heterocycles. The van der Waals surface area contributed by atoms with Gasteiger partial charge >= 0.3 is 0 Å². The molecule has 3 rings (SSSR count). The molecule has 0 fully saturated rings. The van der Waals surface area contributed by atoms with E-state index in [0.29, 0.717) is 5.75 Å². The molecular weight excluding hydrogens is 356 g/mol. The van der Waals surface area contributed by atoms with Gasteiger partial charge < -0.3 is 5.11 Å². The molecule has 0 atom stereocenters. The van der Waals surface area contributed by atoms with Crippen molar-refractivity contribution in [3.8, 4) is 17.1 Å². The van der Waals surface area contributed by atoms with Gasteiger partial charge in [-0.2, -0.15) is 0 Å². The molecule has 1 N–H and O–H groups in total. The Kier molecular flexibility index (Phi) is 8.48. The molecule has 0 aliphatic rings. The fourth-order valence-electron chi connectivity index (χ4n) is 3.84. The predicted octanol–water partition coefficient (Wildman–Crippen LogP) is 7.47. The van der Waals surface area contributed by atoms with Crippen LogP contribution in [0.5, 0.6) is 5.75 Å². The summed E-state index contributed by atoms with van der Waals surface area (Å²) in [5.41, 5.74) is 2.15. The zero-order valence-corrected chi connectivity index (χ0v) is 17.7. The second kappa shape index (κ2) is 11.5. The minimum Gasteiger partial charge on any atom is -0.508 e. The normalized spacial score (nSPS) is 11.2. The molecule has 2 aromatic carbocycles. The molecule has 3 nitrogen and oxygen atoms in total. The van der Waals surface area contributed by atoms with Crippen molar-refractivity contribution in [3.05, 3.63) is 54.4 Å². The average Bonchev–Trinajstić information content (AvgIpc) is 2.75. The van der Waals surface area contributed by atoms with Gasteiger partial charge in [-0.15, -0.1) is 0 Å². The molecular formula is C26H34N2O. The molecule has 0 amide bonds. The number of hydrogen-bond acceptors (Lipinski definition) is 3. The first-order valence-electron chi connectivity index (χ1n) is 11.3. The number of fused-ring (bicyclic) bond motifs is 1. The summed E-state index contributed by atoms with van der Waals surface area (Å²) in [6.45, 7) is 2.27. The highest BCUT2D eigenvalue weighted by Crippen LogP contribution is 2.25. The predicted molar refractivity (Wildman–Crippen MR) is 122 cm³/mol. The van der Waals surface area contributed by atoms with Crippen LogP contribution in [-0.4, -0.2) is 15.1 Å². The van der Waals surface area contributed by atoms with Crippen LogP contribution < -0.4 is 0 Å². The smallest absolute Gasteiger partial charge is 0.159 e. The lowest BCUT2D eigenvalue weighted by Gasteiger charge is -2.06. The van der Waals surface area contributed by atoms with E-state index >= 15 is 0 Å². The van der Waals surface area contributed by atoms with Crippen molar-refractivity contribution in [1.29, 1.82) is 0 Å². The Balaban J connectivity index is 1.45. The van der Waals surface area contributed by atoms with Crippen molar-refractivity contribution in [3.63, 3.8) is 0 Å². The molecule has 29 heavy (non-hydrogen) atoms. The molecule has 0 saturated carbocycles. The molecule has 0 aliphatic heterocycles. The number of hydrogen-bond donors (Lipinski definition) is 1. The van der Waals surface area contributed by atoms with Crippen LogP contribution in [0.1, 0.15) is 76.8 Å². The third-order valence-corrected chi connectivity index (χ3v) is 5.58. The number of aromatic nitrogens is 2. The largest absolute Gasteiger partial charge is 0.508 e. The van der Waals surface area contributed by atoms with Crippen molar-refractivity contribution < 1.29 is 5.11 Å². The van der Waals surface area contributed by atoms with Gasteiger partial charge in [0, 0.05) is 17.5 Å². The number of benzene rings is 2. The number of phenolic OH excluding ortho intramolecular Hbond substituents is 1. The van der Waals surface area contributed by atoms with Gasteiger partial charge in [0.05, 0.1) is 0 Å². The highest BCUT2D eigenvalue weighted by Gasteiger charge is 2.05. The van der Waals surface area contributed by atoms with Gasteiger partial charge in [-0.25, -0.2) is 9.97 Å². The van der Waals surface area contributed by atoms with Crippen molar-refractivity contribution in [2.45, 2.75) is 77.6 Å². The Bertz CT molecular complexity index is 891. The lowest BCUT2D eigenvalue weighted by Crippen LogP contribution is -1.95. The second-order valence-electron chi connectivity index (χ2n) is 8.05. The van der Waals surface area contributed by atoms with Crippen molar-refractivity contribution >= 4 is 10.8 Å². The summed E-state index contributed by atoms with van der Waals surface area (Å²) in [5.74, 6) is 1.07. The number of rotatable bonds is 12. The summed E-state index contributed by atoms with van der Waals surface area (Å²) in [5, 5.41) is 11.7. The van der Waals surface area contributed by atoms with Gasteiger partial charge in [0.2, 0.25) is 0 Å². The Labute approximate surface area is 175 Å². The van der Waals surface area contributed by atoms with Crippen molar-refractivity contribution in [2.24, 2.45) is 0 Å². The SMILES string of the molecule is CCCCCCCCCCCCc1ccnc(-c2ccc3cc(O)ccc3c2)n1. The van der Waals surface area contributed by atoms with E-state index in [1.807, 2.05) is 30.5 Å². The fourth-order valence-corrected chi connectivity index (χ4v) is 3.84. The van der Waals surface area contributed by atoms with E-state index in [9.17, 15) is 5.11 Å². The third-order valence-electron chi connectivity index (χ3n) is 5.58. The molecule has 0 unspecified atom stereocenters. The van der Waals surface area contributed by atoms with E-state index in [1.165, 1.54) is 64.2 Å². The summed E-state index contributed by atoms with van der Waals surface area (Å²) in [6, 6.07) is 13.6. The molecule has 3 heteroatoms. The lowest BCUT2D eigenvalue weighted by atomic mass is 10.0. The van der Waals surface area contributed by atoms with Gasteiger partial charge in [-0.3, -0.25) is 0 Å². The first kappa shape index (κ1) is 21.3. The molecule has 0 bridgehead atoms. The zero-order valence-electron chi connectivity index (χ0n) is 17.7. The Morgan fingerprint density at radius 1 is 0.724 bits per heavy atom. The van der Waals surface area contributed by atoms with E-state index in [1.54, 1.807) is 12.1 Å². The Morgan fingerprint density at radius 2 is 1.38 bits per heavy atom. The molecule has 0 spiro atoms. The topological polar surface area (TPSA) is 46.0 Å². The number of aromatic hydroxyl groups is 1. The van der Waals surface area contributed by atoms with E-state index < -0.39 is 0 Å². The van der Waals surface area contributed by atoms with E-state index in [2.05, 4.69) is 18.0 Å². The molecule has 0 aliphatic carbocycles. The monoisotopic (exact) mass is 390 g/mol. The summed E-state index contributed by atoms with van der Waals surface area (Å²) >= 11 is 0. The van der Waals surface area contributed by atoms with Gasteiger partial charge in [0.15, 0.2) is 5.82 Å². The highest BCUT2D eigenvalue weighted by molar-refractivity contribution is 5.87. The number of phenols is 1. The summed E-state index contributed by atoms with van der Waals surface area (Å²) in [6.07, 6.45) is 16.4. The molecule has 0 radical (unpaired) electrons. The first-order chi connectivity index (χ1) is 14.3. The maximum absolute atomic E-state index is 9.62. The Hall–Kier alpha value is -2.42. The minimum atomic E-state index is 0.292. The lowest BCUT2D eigenvalue weighted by molar-refractivity contribution is 0.476. The standard InChI is InChI=1S/C26H34N2O/c1-2-3-4-5-6-7-8-9-10-11-12-24-17-18-27-26(28-24)23-14-13-22-20-25(29)16-15-21(22)19-23/h13-20,29H,2-12H2,1H3. The molecule has 0 saturated heterocycles. The quantitative estimate of drug-likeness (QED) is 0.326. The second-order valence-corrected chi connectivity index (χ2v) is 8.05. The maximum Gasteiger partial charge on any atom is 0.159 e. The fraction of sp³-hybridized carbons (Fsp3) is 0.462. The first-order valence-corrected chi connectivity index (χ1v) is 11.3. The molecule has 3 aromatic rings. The molecule has 154 valence electrons. The van der Waals surface area contributed by atoms with E-state index in [4.69, 9.17) is 4.98 Å². The summed E-state index contributed by atoms with van der Waals surface area (Å²) in [4.78, 5) is 9.26. The minimum absolute atomic E-state index is 0.292. The van der Waals surface area contributed by atoms with Crippen LogP contribution in [0, 0.1) is 0 Å². The van der Waals surface area contributed by atoms with Crippen LogP contribution in [0.25, 0.3) is 22.2 Å². The maximum atomic E-state index is 9.62. The van der Waals surface area contributed by atoms with E-state index in [0.717, 1.165) is 34.3 Å². The average molecular weight is 391 g/mol. The van der Waals surface area contributed by atoms with Crippen molar-refractivity contribution in [2.75, 3.05) is 0 Å². The number of aryl methyl sites for hydroxylation is 1.